The number of hydrogen-bond acceptors (Lipinski definition) is 6. The van der Waals surface area contributed by atoms with Gasteiger partial charge < -0.3 is 4.74 Å². The van der Waals surface area contributed by atoms with Crippen LogP contribution < -0.4 is 4.74 Å². The summed E-state index contributed by atoms with van der Waals surface area (Å²) in [7, 11) is 1.60. The van der Waals surface area contributed by atoms with Crippen LogP contribution in [0, 0.1) is 5.82 Å². The van der Waals surface area contributed by atoms with Crippen LogP contribution in [-0.4, -0.2) is 37.3 Å². The molecular formula is C21H13BrFN5O2S. The topological polar surface area (TPSA) is 74.3 Å². The first-order valence-corrected chi connectivity index (χ1v) is 10.7. The molecular weight excluding hydrogens is 485 g/mol. The van der Waals surface area contributed by atoms with Crippen molar-refractivity contribution in [2.75, 3.05) is 7.11 Å². The first-order valence-electron chi connectivity index (χ1n) is 9.07. The Morgan fingerprint density at radius 3 is 2.74 bits per heavy atom. The first-order chi connectivity index (χ1) is 15.0. The Kier molecular flexibility index (Phi) is 4.87. The second kappa shape index (κ2) is 7.71. The zero-order valence-electron chi connectivity index (χ0n) is 16.0. The number of carbonyl (C=O) groups is 1. The predicted molar refractivity (Wildman–Crippen MR) is 118 cm³/mol. The second-order valence-electron chi connectivity index (χ2n) is 6.57. The van der Waals surface area contributed by atoms with E-state index in [2.05, 4.69) is 31.2 Å². The highest BCUT2D eigenvalue weighted by molar-refractivity contribution is 9.10. The number of ether oxygens (including phenoxy) is 1. The summed E-state index contributed by atoms with van der Waals surface area (Å²) in [6.07, 6.45) is 3.32. The van der Waals surface area contributed by atoms with Crippen molar-refractivity contribution >= 4 is 38.0 Å². The van der Waals surface area contributed by atoms with Crippen LogP contribution in [0.1, 0.15) is 16.2 Å². The highest BCUT2D eigenvalue weighted by Crippen LogP contribution is 2.30. The smallest absolute Gasteiger partial charge is 0.233 e. The fourth-order valence-electron chi connectivity index (χ4n) is 3.23. The zero-order valence-corrected chi connectivity index (χ0v) is 18.4. The molecule has 0 aliphatic rings. The van der Waals surface area contributed by atoms with Gasteiger partial charge in [0.2, 0.25) is 5.78 Å². The summed E-state index contributed by atoms with van der Waals surface area (Å²) in [5.41, 5.74) is 2.45. The molecule has 7 nitrogen and oxygen atoms in total. The number of nitrogens with zero attached hydrogens (tertiary/aromatic N) is 5. The van der Waals surface area contributed by atoms with Gasteiger partial charge in [0.25, 0.3) is 0 Å². The van der Waals surface area contributed by atoms with Crippen molar-refractivity contribution in [2.24, 2.45) is 0 Å². The van der Waals surface area contributed by atoms with Crippen LogP contribution in [-0.2, 0) is 0 Å². The molecule has 0 saturated heterocycles. The number of carbonyl (C=O) groups excluding carboxylic acids is 1. The molecule has 0 spiro atoms. The van der Waals surface area contributed by atoms with Crippen molar-refractivity contribution < 1.29 is 13.9 Å². The van der Waals surface area contributed by atoms with Crippen LogP contribution in [0.4, 0.5) is 4.39 Å². The SMILES string of the molecule is COc1ccc(-c2nc3sccn3c2C(=O)c2cn(-c3ccc(F)cc3Br)nn2)cc1. The number of fused-ring (bicyclic) bond motifs is 1. The third-order valence-corrected chi connectivity index (χ3v) is 6.11. The average molecular weight is 498 g/mol. The molecule has 31 heavy (non-hydrogen) atoms. The first kappa shape index (κ1) is 19.6. The Balaban J connectivity index is 1.59. The number of aromatic nitrogens is 5. The number of methoxy groups -OCH3 is 1. The average Bonchev–Trinajstić information content (AvgIpc) is 3.49. The summed E-state index contributed by atoms with van der Waals surface area (Å²) in [6, 6.07) is 11.5. The van der Waals surface area contributed by atoms with Crippen LogP contribution >= 0.6 is 27.3 Å². The Morgan fingerprint density at radius 2 is 2.00 bits per heavy atom. The number of halogens is 2. The van der Waals surface area contributed by atoms with Crippen molar-refractivity contribution in [1.29, 1.82) is 0 Å². The van der Waals surface area contributed by atoms with E-state index in [1.165, 1.54) is 34.3 Å². The van der Waals surface area contributed by atoms with Crippen LogP contribution in [0.25, 0.3) is 21.9 Å². The van der Waals surface area contributed by atoms with E-state index < -0.39 is 0 Å². The van der Waals surface area contributed by atoms with E-state index in [-0.39, 0.29) is 17.3 Å². The lowest BCUT2D eigenvalue weighted by molar-refractivity contribution is 0.102. The monoisotopic (exact) mass is 497 g/mol. The number of hydrogen-bond donors (Lipinski definition) is 0. The van der Waals surface area contributed by atoms with Gasteiger partial charge in [-0.2, -0.15) is 0 Å². The summed E-state index contributed by atoms with van der Waals surface area (Å²) in [6.45, 7) is 0. The van der Waals surface area contributed by atoms with E-state index in [1.807, 2.05) is 29.6 Å². The lowest BCUT2D eigenvalue weighted by atomic mass is 10.1. The number of benzene rings is 2. The summed E-state index contributed by atoms with van der Waals surface area (Å²) < 4.78 is 22.3. The molecule has 0 bridgehead atoms. The van der Waals surface area contributed by atoms with Crippen molar-refractivity contribution in [2.45, 2.75) is 0 Å². The summed E-state index contributed by atoms with van der Waals surface area (Å²) in [5, 5.41) is 9.97. The standard InChI is InChI=1S/C21H13BrFN5O2S/c1-30-14-5-2-12(3-6-14)18-19(27-8-9-31-21(27)24-18)20(29)16-11-28(26-25-16)17-7-4-13(23)10-15(17)22/h2-11H,1H3. The fourth-order valence-corrected chi connectivity index (χ4v) is 4.47. The molecule has 2 aromatic carbocycles. The van der Waals surface area contributed by atoms with Gasteiger partial charge in [0, 0.05) is 21.6 Å². The minimum atomic E-state index is -0.379. The maximum Gasteiger partial charge on any atom is 0.233 e. The molecule has 5 rings (SSSR count). The van der Waals surface area contributed by atoms with Crippen molar-refractivity contribution in [3.8, 4) is 22.7 Å². The third-order valence-electron chi connectivity index (χ3n) is 4.72. The molecule has 154 valence electrons. The van der Waals surface area contributed by atoms with Crippen LogP contribution in [0.5, 0.6) is 5.75 Å². The summed E-state index contributed by atoms with van der Waals surface area (Å²) >= 11 is 4.75. The molecule has 0 amide bonds. The van der Waals surface area contributed by atoms with E-state index >= 15 is 0 Å². The molecule has 3 heterocycles. The molecule has 0 radical (unpaired) electrons. The molecule has 5 aromatic rings. The molecule has 0 saturated carbocycles. The Morgan fingerprint density at radius 1 is 1.19 bits per heavy atom. The highest BCUT2D eigenvalue weighted by Gasteiger charge is 2.25. The van der Waals surface area contributed by atoms with Crippen LogP contribution in [0.3, 0.4) is 0 Å². The largest absolute Gasteiger partial charge is 0.497 e. The van der Waals surface area contributed by atoms with Crippen molar-refractivity contribution in [3.05, 3.63) is 81.9 Å². The Labute approximate surface area is 187 Å². The van der Waals surface area contributed by atoms with Gasteiger partial charge in [-0.3, -0.25) is 9.20 Å². The molecule has 0 N–H and O–H groups in total. The zero-order chi connectivity index (χ0) is 21.5. The normalized spacial score (nSPS) is 11.2. The minimum Gasteiger partial charge on any atom is -0.497 e. The molecule has 0 atom stereocenters. The summed E-state index contributed by atoms with van der Waals surface area (Å²) in [5.74, 6) is 0.0157. The van der Waals surface area contributed by atoms with Gasteiger partial charge in [0.1, 0.15) is 23.0 Å². The molecule has 0 aliphatic carbocycles. The van der Waals surface area contributed by atoms with Crippen LogP contribution in [0.2, 0.25) is 0 Å². The fraction of sp³-hybridized carbons (Fsp3) is 0.0476. The number of ketones is 1. The van der Waals surface area contributed by atoms with Gasteiger partial charge in [-0.1, -0.05) is 5.21 Å². The molecule has 0 aliphatic heterocycles. The van der Waals surface area contributed by atoms with E-state index in [0.29, 0.717) is 32.3 Å². The Bertz CT molecular complexity index is 1420. The molecule has 0 fully saturated rings. The van der Waals surface area contributed by atoms with E-state index in [9.17, 15) is 9.18 Å². The van der Waals surface area contributed by atoms with Crippen molar-refractivity contribution in [3.63, 3.8) is 0 Å². The van der Waals surface area contributed by atoms with Gasteiger partial charge in [-0.25, -0.2) is 14.1 Å². The van der Waals surface area contributed by atoms with Crippen molar-refractivity contribution in [1.82, 2.24) is 24.4 Å². The molecule has 3 aromatic heterocycles. The number of thiazole rings is 1. The van der Waals surface area contributed by atoms with E-state index in [1.54, 1.807) is 23.8 Å². The minimum absolute atomic E-state index is 0.152. The van der Waals surface area contributed by atoms with Gasteiger partial charge >= 0.3 is 0 Å². The second-order valence-corrected chi connectivity index (χ2v) is 8.29. The maximum absolute atomic E-state index is 13.5. The molecule has 10 heteroatoms. The Hall–Kier alpha value is -3.37. The number of imidazole rings is 1. The van der Waals surface area contributed by atoms with Crippen LogP contribution in [0.15, 0.2) is 64.7 Å². The third kappa shape index (κ3) is 3.43. The number of rotatable bonds is 5. The van der Waals surface area contributed by atoms with E-state index in [0.717, 1.165) is 5.56 Å². The highest BCUT2D eigenvalue weighted by atomic mass is 79.9. The quantitative estimate of drug-likeness (QED) is 0.326. The molecule has 0 unspecified atom stereocenters. The lowest BCUT2D eigenvalue weighted by Gasteiger charge is -2.04. The van der Waals surface area contributed by atoms with Gasteiger partial charge in [0.15, 0.2) is 10.7 Å². The predicted octanol–water partition coefficient (Wildman–Crippen LogP) is 4.78. The maximum atomic E-state index is 13.5. The van der Waals surface area contributed by atoms with Gasteiger partial charge in [-0.15, -0.1) is 16.4 Å². The van der Waals surface area contributed by atoms with Gasteiger partial charge in [-0.05, 0) is 58.4 Å². The van der Waals surface area contributed by atoms with Gasteiger partial charge in [0.05, 0.1) is 19.0 Å². The summed E-state index contributed by atoms with van der Waals surface area (Å²) in [4.78, 5) is 18.8. The van der Waals surface area contributed by atoms with E-state index in [4.69, 9.17) is 4.74 Å². The lowest BCUT2D eigenvalue weighted by Crippen LogP contribution is -2.07.